The van der Waals surface area contributed by atoms with Gasteiger partial charge in [0.2, 0.25) is 0 Å². The Hall–Kier alpha value is -1.09. The molecule has 0 heterocycles. The van der Waals surface area contributed by atoms with E-state index in [0.29, 0.717) is 5.76 Å². The molecule has 0 saturated carbocycles. The van der Waals surface area contributed by atoms with Crippen molar-refractivity contribution in [3.05, 3.63) is 36.6 Å². The molecular formula is C18H32FNO. The monoisotopic (exact) mass is 297 g/mol. The summed E-state index contributed by atoms with van der Waals surface area (Å²) in [7, 11) is 0. The number of hydrogen-bond donors (Lipinski definition) is 0. The maximum atomic E-state index is 12.2. The van der Waals surface area contributed by atoms with Gasteiger partial charge in [0.25, 0.3) is 0 Å². The summed E-state index contributed by atoms with van der Waals surface area (Å²) >= 11 is 0. The quantitative estimate of drug-likeness (QED) is 0.354. The van der Waals surface area contributed by atoms with Gasteiger partial charge in [-0.1, -0.05) is 39.5 Å². The van der Waals surface area contributed by atoms with Gasteiger partial charge in [0.1, 0.15) is 12.4 Å². The summed E-state index contributed by atoms with van der Waals surface area (Å²) < 4.78 is 18.2. The SMILES string of the molecule is C=C/C=C(\C=C/CF)OC(CC)CCCN(CC)CCC. The molecule has 21 heavy (non-hydrogen) atoms. The highest BCUT2D eigenvalue weighted by atomic mass is 19.1. The molecule has 0 spiro atoms. The first kappa shape index (κ1) is 19.9. The smallest absolute Gasteiger partial charge is 0.119 e. The minimum atomic E-state index is -0.475. The summed E-state index contributed by atoms with van der Waals surface area (Å²) in [6.45, 7) is 13.1. The highest BCUT2D eigenvalue weighted by molar-refractivity contribution is 5.17. The van der Waals surface area contributed by atoms with Crippen LogP contribution in [0.1, 0.15) is 46.5 Å². The van der Waals surface area contributed by atoms with Crippen LogP contribution in [-0.2, 0) is 4.74 Å². The predicted octanol–water partition coefficient (Wildman–Crippen LogP) is 4.89. The molecule has 0 rings (SSSR count). The fourth-order valence-corrected chi connectivity index (χ4v) is 2.24. The average Bonchev–Trinajstić information content (AvgIpc) is 2.50. The third-order valence-electron chi connectivity index (χ3n) is 3.40. The van der Waals surface area contributed by atoms with Crippen molar-refractivity contribution >= 4 is 0 Å². The second kappa shape index (κ2) is 13.9. The first-order chi connectivity index (χ1) is 10.2. The van der Waals surface area contributed by atoms with Gasteiger partial charge in [0, 0.05) is 0 Å². The van der Waals surface area contributed by atoms with E-state index in [1.54, 1.807) is 18.2 Å². The number of hydrogen-bond acceptors (Lipinski definition) is 2. The zero-order valence-electron chi connectivity index (χ0n) is 14.0. The van der Waals surface area contributed by atoms with Crippen molar-refractivity contribution < 1.29 is 9.13 Å². The van der Waals surface area contributed by atoms with Crippen LogP contribution in [0.5, 0.6) is 0 Å². The van der Waals surface area contributed by atoms with Gasteiger partial charge >= 0.3 is 0 Å². The Bertz CT molecular complexity index is 312. The van der Waals surface area contributed by atoms with E-state index in [2.05, 4.69) is 32.3 Å². The molecule has 0 N–H and O–H groups in total. The number of alkyl halides is 1. The molecule has 0 aromatic rings. The zero-order valence-corrected chi connectivity index (χ0v) is 14.0. The molecule has 0 bridgehead atoms. The van der Waals surface area contributed by atoms with Gasteiger partial charge in [-0.05, 0) is 57.5 Å². The van der Waals surface area contributed by atoms with Gasteiger partial charge in [-0.3, -0.25) is 0 Å². The van der Waals surface area contributed by atoms with E-state index in [-0.39, 0.29) is 6.10 Å². The van der Waals surface area contributed by atoms with Crippen LogP contribution in [0, 0.1) is 0 Å². The Labute approximate surface area is 130 Å². The molecule has 0 fully saturated rings. The molecule has 0 aliphatic carbocycles. The van der Waals surface area contributed by atoms with Crippen LogP contribution in [0.25, 0.3) is 0 Å². The molecule has 1 unspecified atom stereocenters. The summed E-state index contributed by atoms with van der Waals surface area (Å²) in [6.07, 6.45) is 11.1. The molecule has 0 aliphatic heterocycles. The normalized spacial score (nSPS) is 13.9. The number of nitrogens with zero attached hydrogens (tertiary/aromatic N) is 1. The molecule has 3 heteroatoms. The van der Waals surface area contributed by atoms with Crippen molar-refractivity contribution in [2.75, 3.05) is 26.3 Å². The van der Waals surface area contributed by atoms with E-state index in [4.69, 9.17) is 4.74 Å². The van der Waals surface area contributed by atoms with Gasteiger partial charge < -0.3 is 9.64 Å². The van der Waals surface area contributed by atoms with Gasteiger partial charge in [-0.2, -0.15) is 0 Å². The molecule has 0 aromatic carbocycles. The van der Waals surface area contributed by atoms with Crippen LogP contribution in [0.4, 0.5) is 4.39 Å². The molecular weight excluding hydrogens is 265 g/mol. The fraction of sp³-hybridized carbons (Fsp3) is 0.667. The molecule has 2 nitrogen and oxygen atoms in total. The molecule has 1 atom stereocenters. The third kappa shape index (κ3) is 10.3. The van der Waals surface area contributed by atoms with Crippen molar-refractivity contribution in [3.63, 3.8) is 0 Å². The second-order valence-corrected chi connectivity index (χ2v) is 5.09. The lowest BCUT2D eigenvalue weighted by Gasteiger charge is -2.22. The first-order valence-electron chi connectivity index (χ1n) is 8.15. The number of allylic oxidation sites excluding steroid dienone is 4. The second-order valence-electron chi connectivity index (χ2n) is 5.09. The lowest BCUT2D eigenvalue weighted by Crippen LogP contribution is -2.26. The lowest BCUT2D eigenvalue weighted by molar-refractivity contribution is 0.107. The van der Waals surface area contributed by atoms with Crippen molar-refractivity contribution in [1.29, 1.82) is 0 Å². The largest absolute Gasteiger partial charge is 0.490 e. The summed E-state index contributed by atoms with van der Waals surface area (Å²) in [6, 6.07) is 0. The molecule has 0 radical (unpaired) electrons. The first-order valence-corrected chi connectivity index (χ1v) is 8.15. The maximum Gasteiger partial charge on any atom is 0.119 e. The minimum absolute atomic E-state index is 0.181. The van der Waals surface area contributed by atoms with Crippen LogP contribution in [-0.4, -0.2) is 37.3 Å². The van der Waals surface area contributed by atoms with E-state index >= 15 is 0 Å². The zero-order chi connectivity index (χ0) is 15.9. The number of halogens is 1. The molecule has 0 saturated heterocycles. The maximum absolute atomic E-state index is 12.2. The Morgan fingerprint density at radius 1 is 1.29 bits per heavy atom. The standard InChI is InChI=1S/C18H32FNO/c1-5-11-18(12-9-14-19)21-17(7-3)13-10-16-20(8-4)15-6-2/h5,9,11-12,17H,1,6-8,10,13-16H2,2-4H3/b12-9-,18-11+. The summed E-state index contributed by atoms with van der Waals surface area (Å²) in [5.41, 5.74) is 0. The van der Waals surface area contributed by atoms with Gasteiger partial charge in [-0.15, -0.1) is 0 Å². The van der Waals surface area contributed by atoms with Crippen molar-refractivity contribution in [2.45, 2.75) is 52.6 Å². The summed E-state index contributed by atoms with van der Waals surface area (Å²) in [5.74, 6) is 0.690. The van der Waals surface area contributed by atoms with Gasteiger partial charge in [0.15, 0.2) is 0 Å². The lowest BCUT2D eigenvalue weighted by atomic mass is 10.1. The Kier molecular flexibility index (Phi) is 13.2. The van der Waals surface area contributed by atoms with Crippen LogP contribution in [0.15, 0.2) is 36.6 Å². The Morgan fingerprint density at radius 2 is 2.05 bits per heavy atom. The van der Waals surface area contributed by atoms with Crippen molar-refractivity contribution in [1.82, 2.24) is 4.90 Å². The van der Waals surface area contributed by atoms with Crippen LogP contribution in [0.2, 0.25) is 0 Å². The average molecular weight is 297 g/mol. The van der Waals surface area contributed by atoms with E-state index < -0.39 is 6.67 Å². The molecule has 0 aliphatic rings. The Balaban J connectivity index is 4.27. The predicted molar refractivity (Wildman–Crippen MR) is 90.2 cm³/mol. The summed E-state index contributed by atoms with van der Waals surface area (Å²) in [5, 5.41) is 0. The number of ether oxygens (including phenoxy) is 1. The van der Waals surface area contributed by atoms with E-state index in [1.807, 2.05) is 0 Å². The van der Waals surface area contributed by atoms with Crippen molar-refractivity contribution in [3.8, 4) is 0 Å². The minimum Gasteiger partial charge on any atom is -0.490 e. The number of rotatable bonds is 13. The van der Waals surface area contributed by atoms with E-state index in [1.165, 1.54) is 12.5 Å². The van der Waals surface area contributed by atoms with E-state index in [9.17, 15) is 4.39 Å². The van der Waals surface area contributed by atoms with Crippen LogP contribution >= 0.6 is 0 Å². The molecule has 0 aromatic heterocycles. The Morgan fingerprint density at radius 3 is 2.57 bits per heavy atom. The van der Waals surface area contributed by atoms with Crippen LogP contribution < -0.4 is 0 Å². The molecule has 0 amide bonds. The van der Waals surface area contributed by atoms with Crippen molar-refractivity contribution in [2.24, 2.45) is 0 Å². The third-order valence-corrected chi connectivity index (χ3v) is 3.40. The highest BCUT2D eigenvalue weighted by Gasteiger charge is 2.09. The molecule has 122 valence electrons. The van der Waals surface area contributed by atoms with E-state index in [0.717, 1.165) is 38.9 Å². The van der Waals surface area contributed by atoms with Crippen LogP contribution in [0.3, 0.4) is 0 Å². The van der Waals surface area contributed by atoms with Gasteiger partial charge in [-0.25, -0.2) is 4.39 Å². The highest BCUT2D eigenvalue weighted by Crippen LogP contribution is 2.14. The summed E-state index contributed by atoms with van der Waals surface area (Å²) in [4.78, 5) is 2.47. The van der Waals surface area contributed by atoms with Gasteiger partial charge in [0.05, 0.1) is 6.10 Å². The fourth-order valence-electron chi connectivity index (χ4n) is 2.24. The topological polar surface area (TPSA) is 12.5 Å².